The van der Waals surface area contributed by atoms with E-state index in [1.54, 1.807) is 6.07 Å². The van der Waals surface area contributed by atoms with Crippen molar-refractivity contribution in [2.75, 3.05) is 6.54 Å². The summed E-state index contributed by atoms with van der Waals surface area (Å²) in [5.41, 5.74) is -0.311. The molecule has 3 aromatic heterocycles. The molecule has 1 atom stereocenters. The first-order valence-corrected chi connectivity index (χ1v) is 8.86. The van der Waals surface area contributed by atoms with E-state index in [4.69, 9.17) is 8.83 Å². The number of imidazole rings is 1. The number of H-pyrrole nitrogens is 1. The van der Waals surface area contributed by atoms with Crippen molar-refractivity contribution in [2.24, 2.45) is 0 Å². The van der Waals surface area contributed by atoms with Crippen molar-refractivity contribution in [3.8, 4) is 0 Å². The molecule has 0 bridgehead atoms. The number of alkyl halides is 3. The standard InChI is InChI=1S/C19H12F4N4O3/c20-10-3-1-2-9-6-12(30-15(9)10)14-13-11(24-7-25-13)4-5-27(14)18(28)16-17(19(21,22)23)26-8-29-16/h1-3,6-8,14H,4-5H2,(H,24,25)/t14-/m1/s1. The number of benzene rings is 1. The third-order valence-corrected chi connectivity index (χ3v) is 5.00. The van der Waals surface area contributed by atoms with Crippen molar-refractivity contribution < 1.29 is 31.2 Å². The fourth-order valence-electron chi connectivity index (χ4n) is 3.70. The summed E-state index contributed by atoms with van der Waals surface area (Å²) in [5.74, 6) is -2.36. The molecule has 1 aromatic carbocycles. The maximum absolute atomic E-state index is 14.1. The van der Waals surface area contributed by atoms with Gasteiger partial charge in [-0.3, -0.25) is 4.79 Å². The fraction of sp³-hybridized carbons (Fsp3) is 0.211. The van der Waals surface area contributed by atoms with E-state index in [-0.39, 0.29) is 17.9 Å². The van der Waals surface area contributed by atoms with Gasteiger partial charge in [-0.05, 0) is 12.1 Å². The molecular formula is C19H12F4N4O3. The predicted octanol–water partition coefficient (Wildman–Crippen LogP) is 4.09. The quantitative estimate of drug-likeness (QED) is 0.494. The lowest BCUT2D eigenvalue weighted by Gasteiger charge is -2.33. The van der Waals surface area contributed by atoms with E-state index in [0.717, 1.165) is 4.90 Å². The second-order valence-corrected chi connectivity index (χ2v) is 6.75. The monoisotopic (exact) mass is 420 g/mol. The van der Waals surface area contributed by atoms with E-state index in [2.05, 4.69) is 15.0 Å². The number of amides is 1. The number of carbonyl (C=O) groups is 1. The lowest BCUT2D eigenvalue weighted by molar-refractivity contribution is -0.141. The first-order valence-electron chi connectivity index (χ1n) is 8.86. The van der Waals surface area contributed by atoms with Crippen molar-refractivity contribution in [1.82, 2.24) is 19.9 Å². The van der Waals surface area contributed by atoms with Crippen LogP contribution in [0.25, 0.3) is 11.0 Å². The van der Waals surface area contributed by atoms with E-state index in [1.807, 2.05) is 0 Å². The number of nitrogens with one attached hydrogen (secondary N) is 1. The van der Waals surface area contributed by atoms with Gasteiger partial charge in [0.2, 0.25) is 5.76 Å². The van der Waals surface area contributed by atoms with Crippen LogP contribution in [-0.4, -0.2) is 32.3 Å². The van der Waals surface area contributed by atoms with Crippen molar-refractivity contribution in [3.05, 3.63) is 71.4 Å². The van der Waals surface area contributed by atoms with Gasteiger partial charge < -0.3 is 18.7 Å². The number of halogens is 4. The Balaban J connectivity index is 1.63. The molecule has 0 unspecified atom stereocenters. The molecule has 0 fully saturated rings. The molecule has 4 aromatic rings. The molecule has 0 aliphatic carbocycles. The summed E-state index contributed by atoms with van der Waals surface area (Å²) in [5, 5.41) is 0.454. The number of aromatic amines is 1. The van der Waals surface area contributed by atoms with Crippen molar-refractivity contribution in [1.29, 1.82) is 0 Å². The van der Waals surface area contributed by atoms with Gasteiger partial charge in [0, 0.05) is 24.0 Å². The van der Waals surface area contributed by atoms with Gasteiger partial charge in [-0.25, -0.2) is 14.4 Å². The van der Waals surface area contributed by atoms with Gasteiger partial charge in [0.1, 0.15) is 11.8 Å². The highest BCUT2D eigenvalue weighted by atomic mass is 19.4. The molecule has 4 heterocycles. The van der Waals surface area contributed by atoms with Crippen LogP contribution >= 0.6 is 0 Å². The van der Waals surface area contributed by atoms with Crippen LogP contribution in [0.3, 0.4) is 0 Å². The van der Waals surface area contributed by atoms with Crippen molar-refractivity contribution >= 4 is 16.9 Å². The van der Waals surface area contributed by atoms with Crippen LogP contribution in [0.4, 0.5) is 17.6 Å². The molecule has 1 amide bonds. The van der Waals surface area contributed by atoms with Crippen LogP contribution in [0, 0.1) is 5.82 Å². The Kier molecular flexibility index (Phi) is 3.95. The average Bonchev–Trinajstić information content (AvgIpc) is 3.44. The zero-order chi connectivity index (χ0) is 21.0. The lowest BCUT2D eigenvalue weighted by atomic mass is 9.99. The molecule has 1 aliphatic rings. The van der Waals surface area contributed by atoms with Crippen molar-refractivity contribution in [3.63, 3.8) is 0 Å². The number of nitrogens with zero attached hydrogens (tertiary/aromatic N) is 3. The Morgan fingerprint density at radius 1 is 1.27 bits per heavy atom. The van der Waals surface area contributed by atoms with Gasteiger partial charge in [0.05, 0.1) is 12.0 Å². The Morgan fingerprint density at radius 3 is 2.87 bits per heavy atom. The molecule has 30 heavy (non-hydrogen) atoms. The highest BCUT2D eigenvalue weighted by Crippen LogP contribution is 2.39. The Hall–Kier alpha value is -3.63. The summed E-state index contributed by atoms with van der Waals surface area (Å²) >= 11 is 0. The second-order valence-electron chi connectivity index (χ2n) is 6.75. The normalized spacial score (nSPS) is 16.8. The van der Waals surface area contributed by atoms with Gasteiger partial charge in [-0.1, -0.05) is 12.1 Å². The minimum atomic E-state index is -4.86. The third kappa shape index (κ3) is 2.77. The minimum absolute atomic E-state index is 0.0156. The largest absolute Gasteiger partial charge is 0.455 e. The number of furan rings is 1. The third-order valence-electron chi connectivity index (χ3n) is 5.00. The molecule has 0 radical (unpaired) electrons. The van der Waals surface area contributed by atoms with Gasteiger partial charge >= 0.3 is 6.18 Å². The molecule has 5 rings (SSSR count). The topological polar surface area (TPSA) is 88.2 Å². The summed E-state index contributed by atoms with van der Waals surface area (Å²) in [4.78, 5) is 24.5. The number of rotatable bonds is 2. The number of fused-ring (bicyclic) bond motifs is 2. The highest BCUT2D eigenvalue weighted by molar-refractivity contribution is 5.93. The number of hydrogen-bond acceptors (Lipinski definition) is 5. The van der Waals surface area contributed by atoms with Crippen molar-refractivity contribution in [2.45, 2.75) is 18.6 Å². The molecule has 1 N–H and O–H groups in total. The second kappa shape index (κ2) is 6.44. The highest BCUT2D eigenvalue weighted by Gasteiger charge is 2.44. The average molecular weight is 420 g/mol. The molecule has 7 nitrogen and oxygen atoms in total. The molecule has 154 valence electrons. The number of oxazole rings is 1. The van der Waals surface area contributed by atoms with E-state index in [0.29, 0.717) is 29.6 Å². The fourth-order valence-corrected chi connectivity index (χ4v) is 3.70. The summed E-state index contributed by atoms with van der Waals surface area (Å²) in [6, 6.07) is 4.93. The number of para-hydroxylation sites is 1. The molecular weight excluding hydrogens is 408 g/mol. The molecule has 1 aliphatic heterocycles. The molecule has 0 saturated heterocycles. The summed E-state index contributed by atoms with van der Waals surface area (Å²) < 4.78 is 64.3. The number of aromatic nitrogens is 3. The molecule has 11 heteroatoms. The number of hydrogen-bond donors (Lipinski definition) is 1. The van der Waals surface area contributed by atoms with Gasteiger partial charge in [0.25, 0.3) is 5.91 Å². The maximum atomic E-state index is 14.1. The van der Waals surface area contributed by atoms with Crippen LogP contribution in [0.5, 0.6) is 0 Å². The zero-order valence-corrected chi connectivity index (χ0v) is 15.0. The predicted molar refractivity (Wildman–Crippen MR) is 92.8 cm³/mol. The maximum Gasteiger partial charge on any atom is 0.437 e. The summed E-state index contributed by atoms with van der Waals surface area (Å²) in [7, 11) is 0. The number of carbonyl (C=O) groups excluding carboxylic acids is 1. The molecule has 0 spiro atoms. The van der Waals surface area contributed by atoms with Crippen LogP contribution in [0.15, 0.2) is 45.8 Å². The van der Waals surface area contributed by atoms with E-state index >= 15 is 0 Å². The van der Waals surface area contributed by atoms with E-state index in [1.165, 1.54) is 24.5 Å². The molecule has 0 saturated carbocycles. The Morgan fingerprint density at radius 2 is 2.10 bits per heavy atom. The van der Waals surface area contributed by atoms with E-state index in [9.17, 15) is 22.4 Å². The zero-order valence-electron chi connectivity index (χ0n) is 15.0. The van der Waals surface area contributed by atoms with Gasteiger partial charge in [-0.2, -0.15) is 13.2 Å². The van der Waals surface area contributed by atoms with Crippen LogP contribution in [0.2, 0.25) is 0 Å². The lowest BCUT2D eigenvalue weighted by Crippen LogP contribution is -2.41. The summed E-state index contributed by atoms with van der Waals surface area (Å²) in [6.45, 7) is 0.0657. The van der Waals surface area contributed by atoms with Crippen LogP contribution < -0.4 is 0 Å². The minimum Gasteiger partial charge on any atom is -0.455 e. The smallest absolute Gasteiger partial charge is 0.437 e. The summed E-state index contributed by atoms with van der Waals surface area (Å²) in [6.07, 6.45) is -2.53. The first-order chi connectivity index (χ1) is 14.3. The Bertz CT molecular complexity index is 1260. The van der Waals surface area contributed by atoms with Gasteiger partial charge in [0.15, 0.2) is 23.5 Å². The SMILES string of the molecule is O=C(c1ocnc1C(F)(F)F)N1CCc2[nH]cnc2[C@H]1c1cc2cccc(F)c2o1. The van der Waals surface area contributed by atoms with Gasteiger partial charge in [-0.15, -0.1) is 0 Å². The van der Waals surface area contributed by atoms with Crippen LogP contribution in [0.1, 0.15) is 39.4 Å². The van der Waals surface area contributed by atoms with Crippen LogP contribution in [-0.2, 0) is 12.6 Å². The first kappa shape index (κ1) is 18.4. The van der Waals surface area contributed by atoms with E-state index < -0.39 is 35.4 Å². The Labute approximate surface area is 165 Å².